The number of likely N-dealkylation sites (N-methyl/N-ethyl adjacent to an activating group) is 1. The number of aromatic nitrogens is 3. The van der Waals surface area contributed by atoms with E-state index in [1.807, 2.05) is 44.2 Å². The number of piperidine rings is 2. The highest BCUT2D eigenvalue weighted by atomic mass is 35.5. The molecule has 2 unspecified atom stereocenters. The van der Waals surface area contributed by atoms with E-state index in [4.69, 9.17) is 26.1 Å². The van der Waals surface area contributed by atoms with Crippen molar-refractivity contribution in [1.82, 2.24) is 30.1 Å². The molecule has 18 heteroatoms. The van der Waals surface area contributed by atoms with Crippen LogP contribution in [0.15, 0.2) is 53.5 Å². The predicted octanol–water partition coefficient (Wildman–Crippen LogP) is 4.58. The van der Waals surface area contributed by atoms with E-state index >= 15 is 0 Å². The molecule has 3 saturated heterocycles. The number of fused-ring (bicyclic) bond motifs is 2. The Labute approximate surface area is 369 Å². The average Bonchev–Trinajstić information content (AvgIpc) is 3.51. The van der Waals surface area contributed by atoms with Crippen molar-refractivity contribution in [3.8, 4) is 5.75 Å². The number of pyridine rings is 1. The molecule has 4 aromatic rings. The van der Waals surface area contributed by atoms with E-state index in [9.17, 15) is 29.1 Å². The maximum Gasteiger partial charge on any atom is 0.293 e. The Kier molecular flexibility index (Phi) is 11.5. The zero-order valence-corrected chi connectivity index (χ0v) is 36.3. The minimum Gasteiger partial charge on any atom is -0.478 e. The lowest BCUT2D eigenvalue weighted by molar-refractivity contribution is -0.139. The van der Waals surface area contributed by atoms with Crippen LogP contribution in [-0.2, 0) is 19.1 Å². The smallest absolute Gasteiger partial charge is 0.293 e. The first-order chi connectivity index (χ1) is 30.3. The number of carbonyl (C=O) groups excluding carboxylic acids is 4. The third kappa shape index (κ3) is 8.17. The van der Waals surface area contributed by atoms with Gasteiger partial charge in [0.2, 0.25) is 17.8 Å². The number of halogens is 1. The molecule has 4 amide bonds. The highest BCUT2D eigenvalue weighted by Crippen LogP contribution is 2.47. The lowest BCUT2D eigenvalue weighted by Gasteiger charge is -2.53. The third-order valence-electron chi connectivity index (χ3n) is 13.3. The van der Waals surface area contributed by atoms with Crippen molar-refractivity contribution >= 4 is 69.3 Å². The summed E-state index contributed by atoms with van der Waals surface area (Å²) in [6, 6.07) is 11.7. The Balaban J connectivity index is 0.778. The summed E-state index contributed by atoms with van der Waals surface area (Å²) >= 11 is 6.61. The topological polar surface area (TPSA) is 201 Å². The van der Waals surface area contributed by atoms with Crippen molar-refractivity contribution in [3.05, 3.63) is 75.2 Å². The van der Waals surface area contributed by atoms with Crippen molar-refractivity contribution in [1.29, 1.82) is 0 Å². The number of nitrogens with zero attached hydrogens (tertiary/aromatic N) is 6. The van der Waals surface area contributed by atoms with Crippen molar-refractivity contribution in [2.75, 3.05) is 55.0 Å². The second kappa shape index (κ2) is 17.1. The SMILES string of the molecule is CNC(=O)COc1cc2cc(Nc3nc(N4CC5(CCC(OC6CCN(c7cccc8c7C(O)N(C7CCC(=O)NC7=O)C8=O)CC6)CC5)C4)ncc3Cl)ccc2n(C(C)C)c1=O. The number of rotatable bonds is 11. The van der Waals surface area contributed by atoms with Gasteiger partial charge in [0.1, 0.15) is 11.1 Å². The summed E-state index contributed by atoms with van der Waals surface area (Å²) in [5.74, 6) is -0.515. The molecule has 1 spiro atoms. The molecule has 0 bridgehead atoms. The van der Waals surface area contributed by atoms with Gasteiger partial charge in [-0.3, -0.25) is 34.2 Å². The zero-order valence-electron chi connectivity index (χ0n) is 35.6. The van der Waals surface area contributed by atoms with Gasteiger partial charge in [-0.25, -0.2) is 4.98 Å². The number of benzene rings is 2. The van der Waals surface area contributed by atoms with Gasteiger partial charge < -0.3 is 39.6 Å². The van der Waals surface area contributed by atoms with E-state index in [1.165, 1.54) is 11.9 Å². The monoisotopic (exact) mass is 881 g/mol. The molecular formula is C45H52ClN9O8. The van der Waals surface area contributed by atoms with Crippen molar-refractivity contribution < 1.29 is 33.8 Å². The standard InChI is InChI=1S/C45H52ClN9O8/c1-25(2)54-32-8-7-27(19-26(32)20-35(42(54)60)62-22-37(57)47-3)49-39-31(46)21-48-44(51-39)53-23-45(24-53)15-11-28(12-16-45)63-29-13-17-52(18-14-29)33-6-4-5-30-38(33)43(61)55(41(30)59)34-9-10-36(56)50-40(34)58/h4-8,19-21,25,28-29,34,43,61H,9-18,22-24H2,1-3H3,(H,47,57)(H,48,49,51)(H,50,56,58). The van der Waals surface area contributed by atoms with Crippen LogP contribution in [0.2, 0.25) is 5.02 Å². The van der Waals surface area contributed by atoms with Gasteiger partial charge >= 0.3 is 0 Å². The summed E-state index contributed by atoms with van der Waals surface area (Å²) in [5.41, 5.74) is 3.00. The third-order valence-corrected chi connectivity index (χ3v) is 13.5. The van der Waals surface area contributed by atoms with E-state index in [0.29, 0.717) is 46.7 Å². The fourth-order valence-electron chi connectivity index (χ4n) is 9.97. The summed E-state index contributed by atoms with van der Waals surface area (Å²) in [4.78, 5) is 77.9. The van der Waals surface area contributed by atoms with Crippen LogP contribution in [0.4, 0.5) is 23.1 Å². The zero-order chi connectivity index (χ0) is 44.2. The number of amides is 4. The van der Waals surface area contributed by atoms with Crippen LogP contribution >= 0.6 is 11.6 Å². The largest absolute Gasteiger partial charge is 0.478 e. The van der Waals surface area contributed by atoms with Gasteiger partial charge in [-0.1, -0.05) is 17.7 Å². The number of hydrogen-bond acceptors (Lipinski definition) is 13. The number of carbonyl (C=O) groups is 4. The van der Waals surface area contributed by atoms with E-state index < -0.39 is 24.1 Å². The number of aliphatic hydroxyl groups excluding tert-OH is 1. The van der Waals surface area contributed by atoms with Crippen LogP contribution in [0.25, 0.3) is 10.9 Å². The van der Waals surface area contributed by atoms with Crippen LogP contribution in [0.1, 0.15) is 93.4 Å². The summed E-state index contributed by atoms with van der Waals surface area (Å²) in [6.45, 7) is 6.68. The predicted molar refractivity (Wildman–Crippen MR) is 235 cm³/mol. The maximum atomic E-state index is 13.4. The molecule has 1 aliphatic carbocycles. The fourth-order valence-corrected chi connectivity index (χ4v) is 10.1. The van der Waals surface area contributed by atoms with E-state index in [2.05, 4.69) is 30.7 Å². The van der Waals surface area contributed by atoms with Crippen molar-refractivity contribution in [2.24, 2.45) is 5.41 Å². The van der Waals surface area contributed by atoms with E-state index in [-0.39, 0.29) is 66.2 Å². The van der Waals surface area contributed by atoms with Gasteiger partial charge in [-0.05, 0) is 95.2 Å². The highest BCUT2D eigenvalue weighted by Gasteiger charge is 2.48. The first kappa shape index (κ1) is 42.5. The Bertz CT molecular complexity index is 2530. The molecule has 0 radical (unpaired) electrons. The lowest BCUT2D eigenvalue weighted by atomic mass is 9.68. The second-order valence-corrected chi connectivity index (χ2v) is 18.1. The van der Waals surface area contributed by atoms with Crippen LogP contribution in [0.3, 0.4) is 0 Å². The van der Waals surface area contributed by atoms with Gasteiger partial charge in [0.05, 0.1) is 23.9 Å². The summed E-state index contributed by atoms with van der Waals surface area (Å²) < 4.78 is 14.0. The van der Waals surface area contributed by atoms with Crippen LogP contribution in [-0.4, -0.2) is 106 Å². The highest BCUT2D eigenvalue weighted by molar-refractivity contribution is 6.33. The summed E-state index contributed by atoms with van der Waals surface area (Å²) in [5, 5.41) is 20.7. The molecule has 9 rings (SSSR count). The second-order valence-electron chi connectivity index (χ2n) is 17.7. The average molecular weight is 882 g/mol. The van der Waals surface area contributed by atoms with Crippen LogP contribution in [0, 0.1) is 5.41 Å². The number of ether oxygens (including phenoxy) is 2. The minimum atomic E-state index is -1.27. The Morgan fingerprint density at radius 1 is 1.00 bits per heavy atom. The number of anilines is 4. The first-order valence-corrected chi connectivity index (χ1v) is 22.1. The molecule has 2 aromatic heterocycles. The van der Waals surface area contributed by atoms with Crippen molar-refractivity contribution in [2.45, 2.75) is 95.7 Å². The summed E-state index contributed by atoms with van der Waals surface area (Å²) in [7, 11) is 1.51. The molecule has 63 heavy (non-hydrogen) atoms. The molecule has 1 saturated carbocycles. The molecule has 2 atom stereocenters. The normalized spacial score (nSPS) is 21.5. The quantitative estimate of drug-likeness (QED) is 0.153. The molecule has 2 aromatic carbocycles. The number of nitrogens with one attached hydrogen (secondary N) is 3. The van der Waals surface area contributed by atoms with E-state index in [0.717, 1.165) is 68.2 Å². The van der Waals surface area contributed by atoms with Crippen LogP contribution < -0.4 is 36.0 Å². The Morgan fingerprint density at radius 3 is 2.46 bits per heavy atom. The van der Waals surface area contributed by atoms with Gasteiger partial charge in [0.25, 0.3) is 17.4 Å². The molecular weight excluding hydrogens is 830 g/mol. The van der Waals surface area contributed by atoms with Gasteiger partial charge in [0.15, 0.2) is 24.4 Å². The molecule has 5 aliphatic rings. The van der Waals surface area contributed by atoms with E-state index in [1.54, 1.807) is 22.9 Å². The van der Waals surface area contributed by atoms with Gasteiger partial charge in [0, 0.05) is 79.0 Å². The minimum absolute atomic E-state index is 0.0880. The van der Waals surface area contributed by atoms with Gasteiger partial charge in [-0.2, -0.15) is 4.98 Å². The van der Waals surface area contributed by atoms with Gasteiger partial charge in [-0.15, -0.1) is 0 Å². The summed E-state index contributed by atoms with van der Waals surface area (Å²) in [6.07, 6.45) is 6.61. The number of aliphatic hydroxyl groups is 1. The number of hydrogen-bond donors (Lipinski definition) is 4. The lowest BCUT2D eigenvalue weighted by Crippen LogP contribution is -2.58. The molecule has 6 heterocycles. The van der Waals surface area contributed by atoms with Crippen molar-refractivity contribution in [3.63, 3.8) is 0 Å². The molecule has 4 aliphatic heterocycles. The molecule has 4 fully saturated rings. The maximum absolute atomic E-state index is 13.4. The fraction of sp³-hybridized carbons (Fsp3) is 0.489. The molecule has 332 valence electrons. The van der Waals surface area contributed by atoms with Crippen LogP contribution in [0.5, 0.6) is 5.75 Å². The molecule has 17 nitrogen and oxygen atoms in total. The molecule has 4 N–H and O–H groups in total. The Morgan fingerprint density at radius 2 is 1.75 bits per heavy atom. The number of imide groups is 1. The first-order valence-electron chi connectivity index (χ1n) is 21.8. The Hall–Kier alpha value is -5.78.